The number of rotatable bonds is 6. The van der Waals surface area contributed by atoms with E-state index in [0.717, 1.165) is 16.8 Å². The molecule has 130 valence electrons. The van der Waals surface area contributed by atoms with Gasteiger partial charge in [-0.2, -0.15) is 5.10 Å². The first-order valence-electron chi connectivity index (χ1n) is 8.28. The van der Waals surface area contributed by atoms with E-state index in [1.54, 1.807) is 13.3 Å². The van der Waals surface area contributed by atoms with Gasteiger partial charge in [0.25, 0.3) is 0 Å². The second-order valence-corrected chi connectivity index (χ2v) is 6.44. The van der Waals surface area contributed by atoms with Crippen molar-refractivity contribution in [1.29, 1.82) is 0 Å². The summed E-state index contributed by atoms with van der Waals surface area (Å²) in [6.07, 6.45) is 2.32. The highest BCUT2D eigenvalue weighted by molar-refractivity contribution is 5.86. The van der Waals surface area contributed by atoms with Crippen molar-refractivity contribution in [2.45, 2.75) is 12.0 Å². The first kappa shape index (κ1) is 17.2. The number of benzene rings is 2. The van der Waals surface area contributed by atoms with Crippen LogP contribution in [0.4, 0.5) is 5.69 Å². The zero-order valence-electron chi connectivity index (χ0n) is 14.8. The highest BCUT2D eigenvalue weighted by Gasteiger charge is 2.60. The molecule has 1 fully saturated rings. The predicted octanol–water partition coefficient (Wildman–Crippen LogP) is 2.76. The lowest BCUT2D eigenvalue weighted by Gasteiger charge is -2.15. The molecule has 0 saturated heterocycles. The van der Waals surface area contributed by atoms with Crippen LogP contribution in [0.2, 0.25) is 0 Å². The molecule has 2 aromatic rings. The van der Waals surface area contributed by atoms with Crippen LogP contribution in [-0.2, 0) is 15.1 Å². The number of amides is 1. The Kier molecular flexibility index (Phi) is 4.86. The van der Waals surface area contributed by atoms with Gasteiger partial charge in [0.15, 0.2) is 0 Å². The maximum absolute atomic E-state index is 12.4. The van der Waals surface area contributed by atoms with Gasteiger partial charge in [-0.1, -0.05) is 42.5 Å². The smallest absolute Gasteiger partial charge is 0.246 e. The molecule has 0 aromatic heterocycles. The Bertz CT molecular complexity index is 756. The van der Waals surface area contributed by atoms with Crippen LogP contribution < -0.4 is 10.3 Å². The van der Waals surface area contributed by atoms with Crippen molar-refractivity contribution in [3.05, 3.63) is 65.7 Å². The summed E-state index contributed by atoms with van der Waals surface area (Å²) < 4.78 is 5.65. The molecule has 5 nitrogen and oxygen atoms in total. The van der Waals surface area contributed by atoms with Crippen LogP contribution in [0.25, 0.3) is 0 Å². The van der Waals surface area contributed by atoms with Gasteiger partial charge in [0.05, 0.1) is 12.1 Å². The average Bonchev–Trinajstić information content (AvgIpc) is 3.39. The van der Waals surface area contributed by atoms with Crippen molar-refractivity contribution in [1.82, 2.24) is 5.43 Å². The first-order valence-corrected chi connectivity index (χ1v) is 8.28. The Morgan fingerprint density at radius 1 is 1.20 bits per heavy atom. The van der Waals surface area contributed by atoms with E-state index in [0.29, 0.717) is 6.42 Å². The average molecular weight is 337 g/mol. The fourth-order valence-electron chi connectivity index (χ4n) is 3.04. The summed E-state index contributed by atoms with van der Waals surface area (Å²) in [7, 11) is 5.64. The monoisotopic (exact) mass is 337 g/mol. The van der Waals surface area contributed by atoms with E-state index in [-0.39, 0.29) is 11.8 Å². The number of carbonyl (C=O) groups is 1. The zero-order valence-corrected chi connectivity index (χ0v) is 14.8. The van der Waals surface area contributed by atoms with Crippen LogP contribution >= 0.6 is 0 Å². The number of hydrazone groups is 1. The minimum absolute atomic E-state index is 0.119. The van der Waals surface area contributed by atoms with Gasteiger partial charge in [0.1, 0.15) is 5.60 Å². The van der Waals surface area contributed by atoms with Gasteiger partial charge in [-0.25, -0.2) is 5.43 Å². The minimum Gasteiger partial charge on any atom is -0.378 e. The molecular formula is C20H23N3O2. The molecule has 0 heterocycles. The Balaban J connectivity index is 1.60. The van der Waals surface area contributed by atoms with Gasteiger partial charge in [0, 0.05) is 26.9 Å². The summed E-state index contributed by atoms with van der Waals surface area (Å²) in [6.45, 7) is 0. The number of methoxy groups -OCH3 is 1. The third-order valence-corrected chi connectivity index (χ3v) is 4.65. The number of carbonyl (C=O) groups excluding carboxylic acids is 1. The van der Waals surface area contributed by atoms with Crippen LogP contribution in [0.3, 0.4) is 0 Å². The Morgan fingerprint density at radius 2 is 1.88 bits per heavy atom. The molecule has 2 atom stereocenters. The summed E-state index contributed by atoms with van der Waals surface area (Å²) in [6, 6.07) is 17.8. The summed E-state index contributed by atoms with van der Waals surface area (Å²) in [5.41, 5.74) is 5.19. The normalized spacial score (nSPS) is 22.0. The van der Waals surface area contributed by atoms with E-state index < -0.39 is 5.60 Å². The molecule has 0 bridgehead atoms. The van der Waals surface area contributed by atoms with Gasteiger partial charge < -0.3 is 9.64 Å². The van der Waals surface area contributed by atoms with E-state index in [1.807, 2.05) is 73.6 Å². The van der Waals surface area contributed by atoms with E-state index in [1.165, 1.54) is 0 Å². The highest BCUT2D eigenvalue weighted by atomic mass is 16.5. The summed E-state index contributed by atoms with van der Waals surface area (Å²) in [5.74, 6) is -0.333. The number of ether oxygens (including phenoxy) is 1. The summed E-state index contributed by atoms with van der Waals surface area (Å²) >= 11 is 0. The highest BCUT2D eigenvalue weighted by Crippen LogP contribution is 2.54. The van der Waals surface area contributed by atoms with Gasteiger partial charge in [0.2, 0.25) is 5.91 Å². The van der Waals surface area contributed by atoms with Crippen molar-refractivity contribution >= 4 is 17.8 Å². The van der Waals surface area contributed by atoms with Gasteiger partial charge in [-0.05, 0) is 29.7 Å². The molecule has 25 heavy (non-hydrogen) atoms. The second-order valence-electron chi connectivity index (χ2n) is 6.44. The zero-order chi connectivity index (χ0) is 17.9. The number of nitrogens with one attached hydrogen (secondary N) is 1. The van der Waals surface area contributed by atoms with Crippen LogP contribution in [0.15, 0.2) is 59.7 Å². The van der Waals surface area contributed by atoms with E-state index in [2.05, 4.69) is 10.5 Å². The van der Waals surface area contributed by atoms with Crippen LogP contribution in [0, 0.1) is 5.92 Å². The van der Waals surface area contributed by atoms with Crippen molar-refractivity contribution in [3.63, 3.8) is 0 Å². The van der Waals surface area contributed by atoms with Crippen molar-refractivity contribution < 1.29 is 9.53 Å². The fraction of sp³-hybridized carbons (Fsp3) is 0.300. The van der Waals surface area contributed by atoms with Crippen molar-refractivity contribution in [3.8, 4) is 0 Å². The lowest BCUT2D eigenvalue weighted by atomic mass is 10.1. The van der Waals surface area contributed by atoms with Crippen molar-refractivity contribution in [2.24, 2.45) is 11.0 Å². The Hall–Kier alpha value is -2.66. The third-order valence-electron chi connectivity index (χ3n) is 4.65. The first-order chi connectivity index (χ1) is 12.1. The lowest BCUT2D eigenvalue weighted by molar-refractivity contribution is -0.124. The van der Waals surface area contributed by atoms with Gasteiger partial charge in [-0.15, -0.1) is 0 Å². The molecule has 0 spiro atoms. The fourth-order valence-corrected chi connectivity index (χ4v) is 3.04. The van der Waals surface area contributed by atoms with Gasteiger partial charge >= 0.3 is 0 Å². The maximum atomic E-state index is 12.4. The molecular weight excluding hydrogens is 314 g/mol. The minimum atomic E-state index is -0.520. The van der Waals surface area contributed by atoms with E-state index in [9.17, 15) is 4.79 Å². The number of hydrogen-bond donors (Lipinski definition) is 1. The number of anilines is 1. The molecule has 1 saturated carbocycles. The number of nitrogens with zero attached hydrogens (tertiary/aromatic N) is 2. The Labute approximate surface area is 148 Å². The third kappa shape index (κ3) is 3.56. The molecule has 1 aliphatic rings. The molecule has 0 radical (unpaired) electrons. The molecule has 1 amide bonds. The topological polar surface area (TPSA) is 53.9 Å². The number of hydrogen-bond acceptors (Lipinski definition) is 4. The molecule has 3 rings (SSSR count). The van der Waals surface area contributed by atoms with Crippen LogP contribution in [-0.4, -0.2) is 33.3 Å². The SMILES string of the molecule is CO[C@]1(c2ccccc2)C[C@H]1C(=O)N/N=C\c1ccc(N(C)C)cc1. The molecule has 5 heteroatoms. The molecule has 2 aromatic carbocycles. The maximum Gasteiger partial charge on any atom is 0.246 e. The summed E-state index contributed by atoms with van der Waals surface area (Å²) in [5, 5.41) is 4.08. The second kappa shape index (κ2) is 7.07. The van der Waals surface area contributed by atoms with Crippen LogP contribution in [0.5, 0.6) is 0 Å². The predicted molar refractivity (Wildman–Crippen MR) is 99.7 cm³/mol. The summed E-state index contributed by atoms with van der Waals surface area (Å²) in [4.78, 5) is 14.4. The van der Waals surface area contributed by atoms with Crippen LogP contribution in [0.1, 0.15) is 17.5 Å². The van der Waals surface area contributed by atoms with Crippen molar-refractivity contribution in [2.75, 3.05) is 26.1 Å². The van der Waals surface area contributed by atoms with E-state index >= 15 is 0 Å². The molecule has 1 N–H and O–H groups in total. The molecule has 1 aliphatic carbocycles. The molecule has 0 aliphatic heterocycles. The quantitative estimate of drug-likeness (QED) is 0.651. The van der Waals surface area contributed by atoms with E-state index in [4.69, 9.17) is 4.74 Å². The lowest BCUT2D eigenvalue weighted by Crippen LogP contribution is -2.25. The standard InChI is InChI=1S/C20H23N3O2/c1-23(2)17-11-9-15(10-12-17)14-21-22-19(24)18-13-20(18,25-3)16-7-5-4-6-8-16/h4-12,14,18H,13H2,1-3H3,(H,22,24)/b21-14-/t18-,20-/m0/s1. The Morgan fingerprint density at radius 3 is 2.48 bits per heavy atom. The van der Waals surface area contributed by atoms with Gasteiger partial charge in [-0.3, -0.25) is 4.79 Å². The molecule has 0 unspecified atom stereocenters. The largest absolute Gasteiger partial charge is 0.378 e.